The molecule has 0 aromatic carbocycles. The van der Waals surface area contributed by atoms with Gasteiger partial charge >= 0.3 is 11.9 Å². The lowest BCUT2D eigenvalue weighted by molar-refractivity contribution is -0.168. The highest BCUT2D eigenvalue weighted by Crippen LogP contribution is 2.35. The Hall–Kier alpha value is -1.76. The molecule has 0 saturated heterocycles. The van der Waals surface area contributed by atoms with Crippen LogP contribution in [0.2, 0.25) is 0 Å². The Morgan fingerprint density at radius 3 is 2.00 bits per heavy atom. The van der Waals surface area contributed by atoms with Crippen LogP contribution in [0.5, 0.6) is 0 Å². The maximum Gasteiger partial charge on any atom is 0.324 e. The molecule has 0 aliphatic carbocycles. The molecule has 0 aromatic rings. The van der Waals surface area contributed by atoms with Crippen molar-refractivity contribution >= 4 is 11.9 Å². The lowest BCUT2D eigenvalue weighted by Crippen LogP contribution is -2.41. The number of esters is 2. The molecule has 0 heterocycles. The molecule has 0 fully saturated rings. The summed E-state index contributed by atoms with van der Waals surface area (Å²) in [5, 5.41) is 0. The number of ether oxygens (including phenoxy) is 2. The summed E-state index contributed by atoms with van der Waals surface area (Å²) < 4.78 is 9.54. The molecular formula is C15H22O4. The smallest absolute Gasteiger partial charge is 0.324 e. The second kappa shape index (κ2) is 7.63. The number of carbonyl (C=O) groups excluding carboxylic acids is 2. The second-order valence-corrected chi connectivity index (χ2v) is 4.66. The van der Waals surface area contributed by atoms with E-state index in [0.717, 1.165) is 5.57 Å². The zero-order chi connectivity index (χ0) is 15.1. The van der Waals surface area contributed by atoms with Crippen molar-refractivity contribution in [1.29, 1.82) is 0 Å². The van der Waals surface area contributed by atoms with Gasteiger partial charge in [0.05, 0.1) is 14.2 Å². The summed E-state index contributed by atoms with van der Waals surface area (Å²) in [5.41, 5.74) is -0.637. The normalized spacial score (nSPS) is 10.4. The van der Waals surface area contributed by atoms with Crippen molar-refractivity contribution in [3.63, 3.8) is 0 Å². The van der Waals surface area contributed by atoms with Crippen LogP contribution < -0.4 is 0 Å². The third-order valence-corrected chi connectivity index (χ3v) is 3.06. The Bertz CT molecular complexity index is 394. The van der Waals surface area contributed by atoms with Crippen molar-refractivity contribution in [1.82, 2.24) is 0 Å². The van der Waals surface area contributed by atoms with E-state index in [1.165, 1.54) is 14.2 Å². The molecule has 0 spiro atoms. The average Bonchev–Trinajstić information content (AvgIpc) is 2.41. The molecule has 0 unspecified atom stereocenters. The van der Waals surface area contributed by atoms with E-state index in [0.29, 0.717) is 0 Å². The van der Waals surface area contributed by atoms with Crippen LogP contribution in [0.15, 0.2) is 12.2 Å². The summed E-state index contributed by atoms with van der Waals surface area (Å²) in [5.74, 6) is 4.34. The monoisotopic (exact) mass is 266 g/mol. The predicted molar refractivity (Wildman–Crippen MR) is 73.1 cm³/mol. The van der Waals surface area contributed by atoms with E-state index in [4.69, 9.17) is 9.47 Å². The SMILES string of the molecule is C=C(CC(CC#CC)(C(=O)OC)C(=O)OC)C(C)C. The van der Waals surface area contributed by atoms with Crippen LogP contribution in [0.1, 0.15) is 33.6 Å². The molecule has 19 heavy (non-hydrogen) atoms. The van der Waals surface area contributed by atoms with Crippen molar-refractivity contribution in [2.45, 2.75) is 33.6 Å². The quantitative estimate of drug-likeness (QED) is 0.320. The molecule has 106 valence electrons. The van der Waals surface area contributed by atoms with Gasteiger partial charge in [0.1, 0.15) is 0 Å². The van der Waals surface area contributed by atoms with Gasteiger partial charge < -0.3 is 9.47 Å². The van der Waals surface area contributed by atoms with E-state index in [2.05, 4.69) is 18.4 Å². The number of carbonyl (C=O) groups is 2. The minimum Gasteiger partial charge on any atom is -0.468 e. The van der Waals surface area contributed by atoms with E-state index in [1.54, 1.807) is 6.92 Å². The molecule has 0 atom stereocenters. The standard InChI is InChI=1S/C15H22O4/c1-7-8-9-15(13(16)18-5,14(17)19-6)10-12(4)11(2)3/h11H,4,9-10H2,1-3,5-6H3. The molecule has 4 heteroatoms. The summed E-state index contributed by atoms with van der Waals surface area (Å²) in [4.78, 5) is 24.1. The van der Waals surface area contributed by atoms with Crippen LogP contribution in [-0.4, -0.2) is 26.2 Å². The number of methoxy groups -OCH3 is 2. The highest BCUT2D eigenvalue weighted by Gasteiger charge is 2.48. The van der Waals surface area contributed by atoms with Gasteiger partial charge in [-0.3, -0.25) is 9.59 Å². The summed E-state index contributed by atoms with van der Waals surface area (Å²) in [7, 11) is 2.50. The number of hydrogen-bond donors (Lipinski definition) is 0. The molecular weight excluding hydrogens is 244 g/mol. The fourth-order valence-electron chi connectivity index (χ4n) is 1.66. The minimum absolute atomic E-state index is 0.0641. The first-order valence-corrected chi connectivity index (χ1v) is 6.09. The first kappa shape index (κ1) is 17.2. The lowest BCUT2D eigenvalue weighted by Gasteiger charge is -2.28. The van der Waals surface area contributed by atoms with Gasteiger partial charge in [0.2, 0.25) is 0 Å². The molecule has 0 radical (unpaired) electrons. The van der Waals surface area contributed by atoms with Gasteiger partial charge in [0, 0.05) is 6.42 Å². The zero-order valence-corrected chi connectivity index (χ0v) is 12.3. The largest absolute Gasteiger partial charge is 0.468 e. The van der Waals surface area contributed by atoms with Gasteiger partial charge in [-0.1, -0.05) is 26.0 Å². The maximum absolute atomic E-state index is 12.1. The Kier molecular flexibility index (Phi) is 6.92. The molecule has 0 aliphatic rings. The van der Waals surface area contributed by atoms with Gasteiger partial charge in [-0.2, -0.15) is 0 Å². The molecule has 0 rings (SSSR count). The Labute approximate surface area is 115 Å². The molecule has 0 N–H and O–H groups in total. The number of hydrogen-bond acceptors (Lipinski definition) is 4. The van der Waals surface area contributed by atoms with E-state index in [1.807, 2.05) is 13.8 Å². The van der Waals surface area contributed by atoms with Gasteiger partial charge in [0.15, 0.2) is 5.41 Å². The van der Waals surface area contributed by atoms with Gasteiger partial charge in [-0.05, 0) is 19.3 Å². The third-order valence-electron chi connectivity index (χ3n) is 3.06. The highest BCUT2D eigenvalue weighted by molar-refractivity contribution is 6.00. The number of allylic oxidation sites excluding steroid dienone is 1. The topological polar surface area (TPSA) is 52.6 Å². The average molecular weight is 266 g/mol. The Morgan fingerprint density at radius 1 is 1.21 bits per heavy atom. The first-order valence-electron chi connectivity index (χ1n) is 6.09. The minimum atomic E-state index is -1.42. The van der Waals surface area contributed by atoms with Crippen molar-refractivity contribution in [2.75, 3.05) is 14.2 Å². The number of rotatable bonds is 6. The van der Waals surface area contributed by atoms with Crippen LogP contribution in [0, 0.1) is 23.2 Å². The van der Waals surface area contributed by atoms with Gasteiger partial charge in [-0.25, -0.2) is 0 Å². The van der Waals surface area contributed by atoms with Crippen molar-refractivity contribution in [3.05, 3.63) is 12.2 Å². The Balaban J connectivity index is 5.58. The molecule has 0 bridgehead atoms. The van der Waals surface area contributed by atoms with E-state index in [9.17, 15) is 9.59 Å². The van der Waals surface area contributed by atoms with Gasteiger partial charge in [-0.15, -0.1) is 11.8 Å². The lowest BCUT2D eigenvalue weighted by atomic mass is 9.76. The van der Waals surface area contributed by atoms with Crippen molar-refractivity contribution in [3.8, 4) is 11.8 Å². The molecule has 0 aliphatic heterocycles. The molecule has 0 aromatic heterocycles. The summed E-state index contributed by atoms with van der Waals surface area (Å²) in [6, 6.07) is 0. The fourth-order valence-corrected chi connectivity index (χ4v) is 1.66. The predicted octanol–water partition coefficient (Wildman–Crippen LogP) is 2.33. The van der Waals surface area contributed by atoms with Crippen LogP contribution in [0.25, 0.3) is 0 Å². The van der Waals surface area contributed by atoms with Crippen LogP contribution >= 0.6 is 0 Å². The first-order chi connectivity index (χ1) is 8.85. The fraction of sp³-hybridized carbons (Fsp3) is 0.600. The summed E-state index contributed by atoms with van der Waals surface area (Å²) >= 11 is 0. The Morgan fingerprint density at radius 2 is 1.68 bits per heavy atom. The zero-order valence-electron chi connectivity index (χ0n) is 12.3. The van der Waals surface area contributed by atoms with Crippen molar-refractivity contribution < 1.29 is 19.1 Å². The molecule has 0 saturated carbocycles. The van der Waals surface area contributed by atoms with E-state index < -0.39 is 17.4 Å². The van der Waals surface area contributed by atoms with Crippen LogP contribution in [0.4, 0.5) is 0 Å². The maximum atomic E-state index is 12.1. The summed E-state index contributed by atoms with van der Waals surface area (Å²) in [6.45, 7) is 9.47. The molecule has 4 nitrogen and oxygen atoms in total. The molecule has 0 amide bonds. The van der Waals surface area contributed by atoms with Crippen molar-refractivity contribution in [2.24, 2.45) is 11.3 Å². The van der Waals surface area contributed by atoms with Gasteiger partial charge in [0.25, 0.3) is 0 Å². The second-order valence-electron chi connectivity index (χ2n) is 4.66. The van der Waals surface area contributed by atoms with Crippen LogP contribution in [-0.2, 0) is 19.1 Å². The third kappa shape index (κ3) is 4.13. The van der Waals surface area contributed by atoms with Crippen LogP contribution in [0.3, 0.4) is 0 Å². The highest BCUT2D eigenvalue weighted by atomic mass is 16.5. The van der Waals surface area contributed by atoms with E-state index in [-0.39, 0.29) is 18.8 Å². The van der Waals surface area contributed by atoms with E-state index >= 15 is 0 Å². The summed E-state index contributed by atoms with van der Waals surface area (Å²) in [6.07, 6.45) is 0.243.